The van der Waals surface area contributed by atoms with Crippen molar-refractivity contribution in [2.45, 2.75) is 49.5 Å². The number of halogens is 2. The van der Waals surface area contributed by atoms with E-state index in [-0.39, 0.29) is 29.5 Å². The highest BCUT2D eigenvalue weighted by atomic mass is 32.2. The fraction of sp³-hybridized carbons (Fsp3) is 0.391. The summed E-state index contributed by atoms with van der Waals surface area (Å²) in [6, 6.07) is 8.52. The highest BCUT2D eigenvalue weighted by molar-refractivity contribution is 7.89. The molecule has 0 spiro atoms. The lowest BCUT2D eigenvalue weighted by molar-refractivity contribution is -0.116. The molecule has 10 heteroatoms. The molecule has 3 rings (SSSR count). The third kappa shape index (κ3) is 6.35. The second-order valence-electron chi connectivity index (χ2n) is 8.02. The minimum Gasteiger partial charge on any atom is -0.351 e. The van der Waals surface area contributed by atoms with E-state index in [4.69, 9.17) is 0 Å². The fourth-order valence-corrected chi connectivity index (χ4v) is 5.22. The maximum absolute atomic E-state index is 13.6. The molecule has 0 heterocycles. The smallest absolute Gasteiger partial charge is 0.254 e. The van der Waals surface area contributed by atoms with Crippen LogP contribution in [0.15, 0.2) is 47.4 Å². The van der Waals surface area contributed by atoms with Crippen LogP contribution in [-0.4, -0.2) is 44.2 Å². The number of amides is 2. The van der Waals surface area contributed by atoms with Crippen molar-refractivity contribution >= 4 is 27.5 Å². The summed E-state index contributed by atoms with van der Waals surface area (Å²) in [7, 11) is -2.02. The van der Waals surface area contributed by atoms with Gasteiger partial charge in [-0.2, -0.15) is 4.31 Å². The average Bonchev–Trinajstić information content (AvgIpc) is 2.79. The molecule has 2 amide bonds. The number of nitrogens with one attached hydrogen (secondary N) is 2. The molecule has 1 saturated carbocycles. The first-order chi connectivity index (χ1) is 15.7. The Bertz CT molecular complexity index is 1100. The van der Waals surface area contributed by atoms with E-state index >= 15 is 0 Å². The number of nitrogens with zero attached hydrogens (tertiary/aromatic N) is 1. The molecule has 178 valence electrons. The highest BCUT2D eigenvalue weighted by Crippen LogP contribution is 2.27. The molecule has 0 radical (unpaired) electrons. The van der Waals surface area contributed by atoms with E-state index in [9.17, 15) is 26.8 Å². The van der Waals surface area contributed by atoms with Crippen LogP contribution in [0.3, 0.4) is 0 Å². The van der Waals surface area contributed by atoms with Gasteiger partial charge in [-0.1, -0.05) is 19.3 Å². The van der Waals surface area contributed by atoms with Gasteiger partial charge >= 0.3 is 0 Å². The highest BCUT2D eigenvalue weighted by Gasteiger charge is 2.28. The molecule has 2 aromatic rings. The number of anilines is 1. The number of hydrogen-bond donors (Lipinski definition) is 2. The van der Waals surface area contributed by atoms with Crippen molar-refractivity contribution in [3.05, 3.63) is 59.7 Å². The minimum atomic E-state index is -3.62. The van der Waals surface area contributed by atoms with Crippen LogP contribution in [0.2, 0.25) is 0 Å². The monoisotopic (exact) mass is 479 g/mol. The van der Waals surface area contributed by atoms with Gasteiger partial charge in [-0.05, 0) is 49.2 Å². The maximum Gasteiger partial charge on any atom is 0.254 e. The molecule has 0 aromatic heterocycles. The van der Waals surface area contributed by atoms with Gasteiger partial charge in [-0.15, -0.1) is 0 Å². The lowest BCUT2D eigenvalue weighted by Gasteiger charge is -2.30. The molecule has 1 fully saturated rings. The summed E-state index contributed by atoms with van der Waals surface area (Å²) in [5.74, 6) is -2.94. The van der Waals surface area contributed by atoms with Crippen LogP contribution in [0.1, 0.15) is 48.9 Å². The molecule has 1 aliphatic carbocycles. The van der Waals surface area contributed by atoms with Crippen molar-refractivity contribution < 1.29 is 26.8 Å². The number of rotatable bonds is 8. The van der Waals surface area contributed by atoms with Gasteiger partial charge in [0.2, 0.25) is 15.9 Å². The third-order valence-electron chi connectivity index (χ3n) is 5.72. The second kappa shape index (κ2) is 10.8. The Labute approximate surface area is 192 Å². The van der Waals surface area contributed by atoms with Crippen LogP contribution in [0.5, 0.6) is 0 Å². The van der Waals surface area contributed by atoms with Crippen LogP contribution >= 0.6 is 0 Å². The Morgan fingerprint density at radius 1 is 1.03 bits per heavy atom. The summed E-state index contributed by atoms with van der Waals surface area (Å²) in [5.41, 5.74) is 0.0991. The van der Waals surface area contributed by atoms with Gasteiger partial charge in [0.05, 0.1) is 10.5 Å². The summed E-state index contributed by atoms with van der Waals surface area (Å²) in [5, 5.41) is 5.02. The predicted molar refractivity (Wildman–Crippen MR) is 120 cm³/mol. The van der Waals surface area contributed by atoms with E-state index in [1.54, 1.807) is 7.05 Å². The molecule has 2 aromatic carbocycles. The van der Waals surface area contributed by atoms with Crippen molar-refractivity contribution in [1.29, 1.82) is 0 Å². The summed E-state index contributed by atoms with van der Waals surface area (Å²) >= 11 is 0. The molecule has 2 N–H and O–H groups in total. The van der Waals surface area contributed by atoms with Crippen molar-refractivity contribution in [3.8, 4) is 0 Å². The Morgan fingerprint density at radius 2 is 1.70 bits per heavy atom. The van der Waals surface area contributed by atoms with Gasteiger partial charge in [0.25, 0.3) is 5.91 Å². The van der Waals surface area contributed by atoms with E-state index in [0.717, 1.165) is 44.2 Å². The molecule has 0 aliphatic heterocycles. The number of benzene rings is 2. The molecule has 0 bridgehead atoms. The summed E-state index contributed by atoms with van der Waals surface area (Å²) in [4.78, 5) is 24.2. The van der Waals surface area contributed by atoms with E-state index < -0.39 is 33.5 Å². The maximum atomic E-state index is 13.6. The third-order valence-corrected chi connectivity index (χ3v) is 7.64. The summed E-state index contributed by atoms with van der Waals surface area (Å²) in [6.45, 7) is -0.0554. The zero-order valence-electron chi connectivity index (χ0n) is 18.3. The zero-order valence-corrected chi connectivity index (χ0v) is 19.1. The standard InChI is InChI=1S/C23H27F2N3O4S/c1-28(18-5-3-2-4-6-18)33(31,32)19-10-8-17(9-11-19)27-22(29)13-14-26-23(30)20-12-7-16(24)15-21(20)25/h7-12,15,18H,2-6,13-14H2,1H3,(H,26,30)(H,27,29). The number of carbonyl (C=O) groups excluding carboxylic acids is 2. The van der Waals surface area contributed by atoms with Crippen LogP contribution in [-0.2, 0) is 14.8 Å². The normalized spacial score (nSPS) is 14.8. The van der Waals surface area contributed by atoms with Crippen LogP contribution in [0.4, 0.5) is 14.5 Å². The Kier molecular flexibility index (Phi) is 8.15. The van der Waals surface area contributed by atoms with Crippen LogP contribution < -0.4 is 10.6 Å². The van der Waals surface area contributed by atoms with Crippen molar-refractivity contribution in [2.75, 3.05) is 18.9 Å². The lowest BCUT2D eigenvalue weighted by Crippen LogP contribution is -2.38. The Balaban J connectivity index is 1.51. The first-order valence-electron chi connectivity index (χ1n) is 10.8. The van der Waals surface area contributed by atoms with E-state index in [1.807, 2.05) is 0 Å². The number of hydrogen-bond acceptors (Lipinski definition) is 4. The minimum absolute atomic E-state index is 0.00160. The first kappa shape index (κ1) is 24.8. The Morgan fingerprint density at radius 3 is 2.33 bits per heavy atom. The van der Waals surface area contributed by atoms with E-state index in [0.29, 0.717) is 11.8 Å². The van der Waals surface area contributed by atoms with Gasteiger partial charge in [0.15, 0.2) is 0 Å². The first-order valence-corrected chi connectivity index (χ1v) is 12.2. The molecular formula is C23H27F2N3O4S. The largest absolute Gasteiger partial charge is 0.351 e. The Hall–Kier alpha value is -2.85. The molecule has 1 aliphatic rings. The van der Waals surface area contributed by atoms with E-state index in [1.165, 1.54) is 28.6 Å². The molecule has 33 heavy (non-hydrogen) atoms. The molecule has 7 nitrogen and oxygen atoms in total. The van der Waals surface area contributed by atoms with Crippen molar-refractivity contribution in [3.63, 3.8) is 0 Å². The number of carbonyl (C=O) groups is 2. The van der Waals surface area contributed by atoms with Crippen LogP contribution in [0.25, 0.3) is 0 Å². The predicted octanol–water partition coefficient (Wildman–Crippen LogP) is 3.68. The topological polar surface area (TPSA) is 95.6 Å². The average molecular weight is 480 g/mol. The molecule has 0 saturated heterocycles. The summed E-state index contributed by atoms with van der Waals surface area (Å²) < 4.78 is 53.7. The molecule has 0 unspecified atom stereocenters. The fourth-order valence-electron chi connectivity index (χ4n) is 3.80. The van der Waals surface area contributed by atoms with Gasteiger partial charge in [-0.25, -0.2) is 17.2 Å². The zero-order chi connectivity index (χ0) is 24.0. The van der Waals surface area contributed by atoms with Crippen molar-refractivity contribution in [2.24, 2.45) is 0 Å². The van der Waals surface area contributed by atoms with E-state index in [2.05, 4.69) is 10.6 Å². The quantitative estimate of drug-likeness (QED) is 0.604. The number of sulfonamides is 1. The van der Waals surface area contributed by atoms with Crippen molar-refractivity contribution in [1.82, 2.24) is 9.62 Å². The lowest BCUT2D eigenvalue weighted by atomic mass is 9.96. The van der Waals surface area contributed by atoms with Gasteiger partial charge < -0.3 is 10.6 Å². The van der Waals surface area contributed by atoms with Crippen LogP contribution in [0, 0.1) is 11.6 Å². The van der Waals surface area contributed by atoms with Gasteiger partial charge in [0.1, 0.15) is 11.6 Å². The SMILES string of the molecule is CN(C1CCCCC1)S(=O)(=O)c1ccc(NC(=O)CCNC(=O)c2ccc(F)cc2F)cc1. The molecule has 0 atom stereocenters. The molecular weight excluding hydrogens is 452 g/mol. The second-order valence-corrected chi connectivity index (χ2v) is 10.0. The summed E-state index contributed by atoms with van der Waals surface area (Å²) in [6.07, 6.45) is 4.80. The van der Waals surface area contributed by atoms with Gasteiger partial charge in [-0.3, -0.25) is 9.59 Å². The van der Waals surface area contributed by atoms with Gasteiger partial charge in [0, 0.05) is 37.8 Å².